The molecule has 0 heterocycles. The van der Waals surface area contributed by atoms with Gasteiger partial charge in [-0.05, 0) is 26.7 Å². The maximum atomic E-state index is 11.3. The minimum Gasteiger partial charge on any atom is -0.229 e. The standard InChI is InChI=1S/C9H17NO2S/c1-4-6-13(11,12)7-5-9(2,3)8-10/h4-7H2,1-3H3. The molecular formula is C9H17NO2S. The van der Waals surface area contributed by atoms with Crippen molar-refractivity contribution in [2.75, 3.05) is 11.5 Å². The number of hydrogen-bond donors (Lipinski definition) is 0. The fourth-order valence-corrected chi connectivity index (χ4v) is 2.53. The fraction of sp³-hybridized carbons (Fsp3) is 0.889. The lowest BCUT2D eigenvalue weighted by Crippen LogP contribution is -2.18. The third-order valence-corrected chi connectivity index (χ3v) is 3.71. The molecule has 0 N–H and O–H groups in total. The maximum absolute atomic E-state index is 11.3. The van der Waals surface area contributed by atoms with Gasteiger partial charge in [0, 0.05) is 5.75 Å². The predicted molar refractivity (Wildman–Crippen MR) is 53.0 cm³/mol. The molecule has 0 spiro atoms. The van der Waals surface area contributed by atoms with Crippen LogP contribution in [0.15, 0.2) is 0 Å². The number of rotatable bonds is 5. The van der Waals surface area contributed by atoms with Crippen LogP contribution in [0.25, 0.3) is 0 Å². The van der Waals surface area contributed by atoms with Gasteiger partial charge in [-0.25, -0.2) is 8.42 Å². The van der Waals surface area contributed by atoms with Crippen molar-refractivity contribution < 1.29 is 8.42 Å². The van der Waals surface area contributed by atoms with E-state index < -0.39 is 15.3 Å². The van der Waals surface area contributed by atoms with Crippen molar-refractivity contribution in [1.82, 2.24) is 0 Å². The molecule has 0 atom stereocenters. The van der Waals surface area contributed by atoms with Gasteiger partial charge in [0.05, 0.1) is 17.2 Å². The third-order valence-electron chi connectivity index (χ3n) is 1.86. The maximum Gasteiger partial charge on any atom is 0.150 e. The van der Waals surface area contributed by atoms with E-state index in [0.717, 1.165) is 0 Å². The first-order valence-corrected chi connectivity index (χ1v) is 6.27. The zero-order valence-corrected chi connectivity index (χ0v) is 9.32. The third kappa shape index (κ3) is 5.64. The first-order valence-electron chi connectivity index (χ1n) is 4.44. The van der Waals surface area contributed by atoms with Gasteiger partial charge < -0.3 is 0 Å². The quantitative estimate of drug-likeness (QED) is 0.684. The lowest BCUT2D eigenvalue weighted by Gasteiger charge is -2.14. The average Bonchev–Trinajstić information content (AvgIpc) is 2.02. The van der Waals surface area contributed by atoms with Gasteiger partial charge >= 0.3 is 0 Å². The van der Waals surface area contributed by atoms with E-state index in [0.29, 0.717) is 12.8 Å². The zero-order valence-electron chi connectivity index (χ0n) is 8.50. The van der Waals surface area contributed by atoms with Crippen LogP contribution < -0.4 is 0 Å². The van der Waals surface area contributed by atoms with E-state index in [2.05, 4.69) is 6.07 Å². The Balaban J connectivity index is 4.12. The molecule has 0 aromatic rings. The van der Waals surface area contributed by atoms with Crippen molar-refractivity contribution in [2.45, 2.75) is 33.6 Å². The molecule has 0 aromatic carbocycles. The Bertz CT molecular complexity index is 285. The van der Waals surface area contributed by atoms with Crippen molar-refractivity contribution in [3.63, 3.8) is 0 Å². The van der Waals surface area contributed by atoms with Crippen molar-refractivity contribution in [1.29, 1.82) is 5.26 Å². The first kappa shape index (κ1) is 12.4. The van der Waals surface area contributed by atoms with Gasteiger partial charge in [0.25, 0.3) is 0 Å². The lowest BCUT2D eigenvalue weighted by atomic mass is 9.93. The molecule has 0 saturated heterocycles. The highest BCUT2D eigenvalue weighted by Crippen LogP contribution is 2.19. The molecule has 0 aliphatic rings. The van der Waals surface area contributed by atoms with Gasteiger partial charge in [0.2, 0.25) is 0 Å². The summed E-state index contributed by atoms with van der Waals surface area (Å²) >= 11 is 0. The van der Waals surface area contributed by atoms with Gasteiger partial charge in [-0.2, -0.15) is 5.26 Å². The van der Waals surface area contributed by atoms with Crippen LogP contribution in [0.1, 0.15) is 33.6 Å². The summed E-state index contributed by atoms with van der Waals surface area (Å²) in [6.07, 6.45) is 1.07. The Morgan fingerprint density at radius 2 is 1.85 bits per heavy atom. The smallest absolute Gasteiger partial charge is 0.150 e. The molecule has 0 aliphatic heterocycles. The fourth-order valence-electron chi connectivity index (χ4n) is 0.880. The summed E-state index contributed by atoms with van der Waals surface area (Å²) in [7, 11) is -2.93. The molecule has 0 amide bonds. The summed E-state index contributed by atoms with van der Waals surface area (Å²) in [6.45, 7) is 5.36. The molecule has 0 fully saturated rings. The van der Waals surface area contributed by atoms with Crippen molar-refractivity contribution >= 4 is 9.84 Å². The molecule has 0 aromatic heterocycles. The molecule has 3 nitrogen and oxygen atoms in total. The van der Waals surface area contributed by atoms with E-state index in [-0.39, 0.29) is 11.5 Å². The van der Waals surface area contributed by atoms with Crippen LogP contribution in [0, 0.1) is 16.7 Å². The van der Waals surface area contributed by atoms with E-state index in [1.807, 2.05) is 6.92 Å². The minimum atomic E-state index is -2.93. The first-order chi connectivity index (χ1) is 5.83. The van der Waals surface area contributed by atoms with Crippen LogP contribution in [0.5, 0.6) is 0 Å². The van der Waals surface area contributed by atoms with Crippen LogP contribution in [0.2, 0.25) is 0 Å². The molecule has 0 aliphatic carbocycles. The summed E-state index contributed by atoms with van der Waals surface area (Å²) < 4.78 is 22.6. The second-order valence-electron chi connectivity index (χ2n) is 3.90. The molecule has 76 valence electrons. The monoisotopic (exact) mass is 203 g/mol. The van der Waals surface area contributed by atoms with Gasteiger partial charge in [0.15, 0.2) is 0 Å². The Morgan fingerprint density at radius 1 is 1.31 bits per heavy atom. The number of nitriles is 1. The van der Waals surface area contributed by atoms with Crippen molar-refractivity contribution in [2.24, 2.45) is 5.41 Å². The number of sulfone groups is 1. The minimum absolute atomic E-state index is 0.126. The Morgan fingerprint density at radius 3 is 2.23 bits per heavy atom. The molecular weight excluding hydrogens is 186 g/mol. The molecule has 0 bridgehead atoms. The highest BCUT2D eigenvalue weighted by Gasteiger charge is 2.20. The van der Waals surface area contributed by atoms with Crippen LogP contribution in [-0.2, 0) is 9.84 Å². The molecule has 0 unspecified atom stereocenters. The van der Waals surface area contributed by atoms with Gasteiger partial charge in [0.1, 0.15) is 9.84 Å². The summed E-state index contributed by atoms with van der Waals surface area (Å²) in [5.74, 6) is 0.357. The molecule has 13 heavy (non-hydrogen) atoms. The lowest BCUT2D eigenvalue weighted by molar-refractivity contribution is 0.473. The SMILES string of the molecule is CCCS(=O)(=O)CCC(C)(C)C#N. The van der Waals surface area contributed by atoms with E-state index in [1.54, 1.807) is 13.8 Å². The number of hydrogen-bond acceptors (Lipinski definition) is 3. The second kappa shape index (κ2) is 4.61. The average molecular weight is 203 g/mol. The van der Waals surface area contributed by atoms with Gasteiger partial charge in [-0.15, -0.1) is 0 Å². The topological polar surface area (TPSA) is 57.9 Å². The van der Waals surface area contributed by atoms with Crippen LogP contribution in [-0.4, -0.2) is 19.9 Å². The summed E-state index contributed by atoms with van der Waals surface area (Å²) in [4.78, 5) is 0. The molecule has 0 saturated carbocycles. The van der Waals surface area contributed by atoms with Gasteiger partial charge in [-0.1, -0.05) is 6.92 Å². The number of nitrogens with zero attached hydrogens (tertiary/aromatic N) is 1. The van der Waals surface area contributed by atoms with Crippen molar-refractivity contribution in [3.05, 3.63) is 0 Å². The molecule has 4 heteroatoms. The van der Waals surface area contributed by atoms with E-state index in [9.17, 15) is 8.42 Å². The van der Waals surface area contributed by atoms with Crippen LogP contribution >= 0.6 is 0 Å². The Kier molecular flexibility index (Phi) is 4.41. The normalized spacial score (nSPS) is 12.5. The largest absolute Gasteiger partial charge is 0.229 e. The molecule has 0 rings (SSSR count). The highest BCUT2D eigenvalue weighted by atomic mass is 32.2. The van der Waals surface area contributed by atoms with Gasteiger partial charge in [-0.3, -0.25) is 0 Å². The summed E-state index contributed by atoms with van der Waals surface area (Å²) in [5.41, 5.74) is -0.527. The predicted octanol–water partition coefficient (Wildman–Crippen LogP) is 1.75. The highest BCUT2D eigenvalue weighted by molar-refractivity contribution is 7.91. The van der Waals surface area contributed by atoms with Crippen LogP contribution in [0.3, 0.4) is 0 Å². The zero-order chi connectivity index (χ0) is 10.5. The van der Waals surface area contributed by atoms with Crippen molar-refractivity contribution in [3.8, 4) is 6.07 Å². The van der Waals surface area contributed by atoms with Crippen LogP contribution in [0.4, 0.5) is 0 Å². The van der Waals surface area contributed by atoms with E-state index >= 15 is 0 Å². The summed E-state index contributed by atoms with van der Waals surface area (Å²) in [5, 5.41) is 8.68. The van der Waals surface area contributed by atoms with E-state index in [4.69, 9.17) is 5.26 Å². The molecule has 0 radical (unpaired) electrons. The Hall–Kier alpha value is -0.560. The second-order valence-corrected chi connectivity index (χ2v) is 6.20. The summed E-state index contributed by atoms with van der Waals surface area (Å²) in [6, 6.07) is 2.09. The Labute approximate surface area is 80.7 Å². The van der Waals surface area contributed by atoms with E-state index in [1.165, 1.54) is 0 Å².